The lowest BCUT2D eigenvalue weighted by Gasteiger charge is -2.35. The monoisotopic (exact) mass is 293 g/mol. The Kier molecular flexibility index (Phi) is 7.00. The molecule has 1 fully saturated rings. The zero-order valence-corrected chi connectivity index (χ0v) is 12.7. The molecule has 1 unspecified atom stereocenters. The van der Waals surface area contributed by atoms with Crippen LogP contribution in [0.5, 0.6) is 5.75 Å². The highest BCUT2D eigenvalue weighted by Gasteiger charge is 2.22. The highest BCUT2D eigenvalue weighted by Crippen LogP contribution is 2.22. The van der Waals surface area contributed by atoms with E-state index in [0.717, 1.165) is 5.75 Å². The van der Waals surface area contributed by atoms with Crippen molar-refractivity contribution in [2.75, 3.05) is 26.3 Å². The molecule has 4 nitrogen and oxygen atoms in total. The second-order valence-corrected chi connectivity index (χ2v) is 5.79. The van der Waals surface area contributed by atoms with Gasteiger partial charge in [0.1, 0.15) is 18.5 Å². The van der Waals surface area contributed by atoms with E-state index in [2.05, 4.69) is 4.90 Å². The van der Waals surface area contributed by atoms with Crippen molar-refractivity contribution in [3.63, 3.8) is 0 Å². The zero-order chi connectivity index (χ0) is 14.9. The molecule has 0 bridgehead atoms. The highest BCUT2D eigenvalue weighted by atomic mass is 16.5. The number of ether oxygens (including phenoxy) is 1. The summed E-state index contributed by atoms with van der Waals surface area (Å²) in [7, 11) is 0. The van der Waals surface area contributed by atoms with Crippen molar-refractivity contribution >= 4 is 0 Å². The van der Waals surface area contributed by atoms with Gasteiger partial charge < -0.3 is 14.9 Å². The number of hydrogen-bond donors (Lipinski definition) is 2. The van der Waals surface area contributed by atoms with Gasteiger partial charge in [0.05, 0.1) is 6.61 Å². The maximum absolute atomic E-state index is 10.2. The fourth-order valence-corrected chi connectivity index (χ4v) is 3.03. The van der Waals surface area contributed by atoms with Crippen molar-refractivity contribution in [3.05, 3.63) is 30.3 Å². The molecule has 0 radical (unpaired) electrons. The van der Waals surface area contributed by atoms with Crippen molar-refractivity contribution in [2.45, 2.75) is 44.2 Å². The fraction of sp³-hybridized carbons (Fsp3) is 0.647. The molecular formula is C17H27NO3. The number of benzene rings is 1. The van der Waals surface area contributed by atoms with Gasteiger partial charge in [-0.15, -0.1) is 0 Å². The van der Waals surface area contributed by atoms with E-state index in [9.17, 15) is 10.2 Å². The van der Waals surface area contributed by atoms with Crippen LogP contribution in [0, 0.1) is 0 Å². The first-order valence-electron chi connectivity index (χ1n) is 8.00. The molecule has 1 aromatic carbocycles. The maximum Gasteiger partial charge on any atom is 0.119 e. The van der Waals surface area contributed by atoms with E-state index >= 15 is 0 Å². The number of para-hydroxylation sites is 1. The Morgan fingerprint density at radius 2 is 1.86 bits per heavy atom. The van der Waals surface area contributed by atoms with Gasteiger partial charge in [0.2, 0.25) is 0 Å². The molecule has 0 heterocycles. The van der Waals surface area contributed by atoms with Gasteiger partial charge in [0.15, 0.2) is 0 Å². The Morgan fingerprint density at radius 3 is 2.52 bits per heavy atom. The highest BCUT2D eigenvalue weighted by molar-refractivity contribution is 5.20. The topological polar surface area (TPSA) is 52.9 Å². The Hall–Kier alpha value is -1.10. The van der Waals surface area contributed by atoms with Crippen LogP contribution in [0.1, 0.15) is 32.1 Å². The molecule has 0 amide bonds. The SMILES string of the molecule is OCCN(CC(O)COc1ccccc1)C1CCCCC1. The minimum Gasteiger partial charge on any atom is -0.491 e. The minimum atomic E-state index is -0.529. The average Bonchev–Trinajstić information content (AvgIpc) is 2.54. The van der Waals surface area contributed by atoms with Gasteiger partial charge >= 0.3 is 0 Å². The molecule has 0 saturated heterocycles. The second kappa shape index (κ2) is 9.03. The van der Waals surface area contributed by atoms with Gasteiger partial charge in [-0.05, 0) is 25.0 Å². The molecule has 1 atom stereocenters. The maximum atomic E-state index is 10.2. The van der Waals surface area contributed by atoms with Crippen molar-refractivity contribution in [1.29, 1.82) is 0 Å². The summed E-state index contributed by atoms with van der Waals surface area (Å²) >= 11 is 0. The molecule has 118 valence electrons. The number of nitrogens with zero attached hydrogens (tertiary/aromatic N) is 1. The molecule has 1 aromatic rings. The molecule has 0 aromatic heterocycles. The van der Waals surface area contributed by atoms with Crippen LogP contribution >= 0.6 is 0 Å². The van der Waals surface area contributed by atoms with Crippen molar-refractivity contribution < 1.29 is 14.9 Å². The summed E-state index contributed by atoms with van der Waals surface area (Å²) in [6, 6.07) is 10.1. The largest absolute Gasteiger partial charge is 0.491 e. The molecule has 0 aliphatic heterocycles. The first-order valence-corrected chi connectivity index (χ1v) is 8.00. The quantitative estimate of drug-likeness (QED) is 0.770. The van der Waals surface area contributed by atoms with Crippen LogP contribution in [0.25, 0.3) is 0 Å². The summed E-state index contributed by atoms with van der Waals surface area (Å²) in [6.07, 6.45) is 5.63. The standard InChI is InChI=1S/C17H27NO3/c19-12-11-18(15-7-3-1-4-8-15)13-16(20)14-21-17-9-5-2-6-10-17/h2,5-6,9-10,15-16,19-20H,1,3-4,7-8,11-14H2. The van der Waals surface area contributed by atoms with E-state index in [0.29, 0.717) is 25.7 Å². The zero-order valence-electron chi connectivity index (χ0n) is 12.7. The Labute approximate surface area is 127 Å². The van der Waals surface area contributed by atoms with Gasteiger partial charge in [-0.2, -0.15) is 0 Å². The van der Waals surface area contributed by atoms with Crippen molar-refractivity contribution in [3.8, 4) is 5.75 Å². The molecule has 2 rings (SSSR count). The Balaban J connectivity index is 1.78. The number of rotatable bonds is 8. The fourth-order valence-electron chi connectivity index (χ4n) is 3.03. The third-order valence-electron chi connectivity index (χ3n) is 4.11. The number of hydrogen-bond acceptors (Lipinski definition) is 4. The molecule has 1 aliphatic rings. The van der Waals surface area contributed by atoms with Crippen LogP contribution in [-0.4, -0.2) is 53.6 Å². The molecule has 1 aliphatic carbocycles. The predicted molar refractivity (Wildman–Crippen MR) is 83.5 cm³/mol. The summed E-state index contributed by atoms with van der Waals surface area (Å²) < 4.78 is 5.59. The first-order chi connectivity index (χ1) is 10.3. The van der Waals surface area contributed by atoms with E-state index in [1.54, 1.807) is 0 Å². The van der Waals surface area contributed by atoms with Crippen molar-refractivity contribution in [1.82, 2.24) is 4.90 Å². The summed E-state index contributed by atoms with van der Waals surface area (Å²) in [4.78, 5) is 2.22. The van der Waals surface area contributed by atoms with Gasteiger partial charge in [-0.3, -0.25) is 4.90 Å². The molecule has 21 heavy (non-hydrogen) atoms. The van der Waals surface area contributed by atoms with Crippen molar-refractivity contribution in [2.24, 2.45) is 0 Å². The number of aliphatic hydroxyl groups excluding tert-OH is 2. The summed E-state index contributed by atoms with van der Waals surface area (Å²) in [6.45, 7) is 1.63. The van der Waals surface area contributed by atoms with Crippen LogP contribution in [0.3, 0.4) is 0 Å². The molecule has 0 spiro atoms. The van der Waals surface area contributed by atoms with Gasteiger partial charge in [-0.25, -0.2) is 0 Å². The minimum absolute atomic E-state index is 0.142. The normalized spacial score (nSPS) is 17.9. The van der Waals surface area contributed by atoms with Crippen LogP contribution in [0.15, 0.2) is 30.3 Å². The molecule has 2 N–H and O–H groups in total. The second-order valence-electron chi connectivity index (χ2n) is 5.79. The smallest absolute Gasteiger partial charge is 0.119 e. The molecule has 4 heteroatoms. The summed E-state index contributed by atoms with van der Waals surface area (Å²) in [5.74, 6) is 0.780. The lowest BCUT2D eigenvalue weighted by molar-refractivity contribution is 0.0358. The Morgan fingerprint density at radius 1 is 1.14 bits per heavy atom. The molecule has 1 saturated carbocycles. The number of aliphatic hydroxyl groups is 2. The predicted octanol–water partition coefficient (Wildman–Crippen LogP) is 2.05. The van der Waals surface area contributed by atoms with Gasteiger partial charge in [0, 0.05) is 19.1 Å². The first kappa shape index (κ1) is 16.3. The van der Waals surface area contributed by atoms with Gasteiger partial charge in [-0.1, -0.05) is 37.5 Å². The van der Waals surface area contributed by atoms with Gasteiger partial charge in [0.25, 0.3) is 0 Å². The van der Waals surface area contributed by atoms with E-state index in [1.807, 2.05) is 30.3 Å². The summed E-state index contributed by atoms with van der Waals surface area (Å²) in [5.41, 5.74) is 0. The van der Waals surface area contributed by atoms with E-state index in [4.69, 9.17) is 4.74 Å². The lowest BCUT2D eigenvalue weighted by atomic mass is 9.94. The van der Waals surface area contributed by atoms with Crippen LogP contribution < -0.4 is 4.74 Å². The molecular weight excluding hydrogens is 266 g/mol. The van der Waals surface area contributed by atoms with E-state index in [1.165, 1.54) is 32.1 Å². The lowest BCUT2D eigenvalue weighted by Crippen LogP contribution is -2.44. The Bertz CT molecular complexity index is 379. The average molecular weight is 293 g/mol. The van der Waals surface area contributed by atoms with Crippen LogP contribution in [0.2, 0.25) is 0 Å². The van der Waals surface area contributed by atoms with E-state index < -0.39 is 6.10 Å². The third kappa shape index (κ3) is 5.65. The van der Waals surface area contributed by atoms with Crippen LogP contribution in [0.4, 0.5) is 0 Å². The third-order valence-corrected chi connectivity index (χ3v) is 4.11. The van der Waals surface area contributed by atoms with Crippen LogP contribution in [-0.2, 0) is 0 Å². The summed E-state index contributed by atoms with van der Waals surface area (Å²) in [5, 5.41) is 19.4. The van der Waals surface area contributed by atoms with E-state index in [-0.39, 0.29) is 6.61 Å².